The van der Waals surface area contributed by atoms with Gasteiger partial charge in [0.15, 0.2) is 0 Å². The first-order valence-corrected chi connectivity index (χ1v) is 33.6. The van der Waals surface area contributed by atoms with E-state index in [-0.39, 0.29) is 37.4 Å². The molecule has 1 rings (SSSR count). The Morgan fingerprint density at radius 3 is 1.21 bits per heavy atom. The number of esters is 2. The van der Waals surface area contributed by atoms with Crippen LogP contribution in [-0.4, -0.2) is 119 Å². The van der Waals surface area contributed by atoms with Gasteiger partial charge in [-0.25, -0.2) is 9.59 Å². The molecule has 2 unspecified atom stereocenters. The summed E-state index contributed by atoms with van der Waals surface area (Å²) in [6, 6.07) is 10.3. The summed E-state index contributed by atoms with van der Waals surface area (Å²) in [7, 11) is 0. The van der Waals surface area contributed by atoms with Gasteiger partial charge in [-0.15, -0.1) is 0 Å². The van der Waals surface area contributed by atoms with Gasteiger partial charge >= 0.3 is 24.2 Å². The van der Waals surface area contributed by atoms with Gasteiger partial charge in [-0.1, -0.05) is 194 Å². The molecule has 0 aliphatic rings. The van der Waals surface area contributed by atoms with Gasteiger partial charge in [0.25, 0.3) is 0 Å². The van der Waals surface area contributed by atoms with Crippen LogP contribution in [0, 0.1) is 11.8 Å². The topological polar surface area (TPSA) is 139 Å². The van der Waals surface area contributed by atoms with Crippen molar-refractivity contribution in [3.05, 3.63) is 35.9 Å². The molecule has 0 saturated carbocycles. The lowest BCUT2D eigenvalue weighted by atomic mass is 9.96. The zero-order chi connectivity index (χ0) is 59.1. The minimum Gasteiger partial charge on any atom is -0.465 e. The van der Waals surface area contributed by atoms with E-state index in [0.29, 0.717) is 83.3 Å². The van der Waals surface area contributed by atoms with E-state index in [1.54, 1.807) is 0 Å². The summed E-state index contributed by atoms with van der Waals surface area (Å²) in [5.41, 5.74) is 1.19. The molecule has 0 N–H and O–H groups in total. The highest BCUT2D eigenvalue weighted by atomic mass is 16.7. The summed E-state index contributed by atoms with van der Waals surface area (Å²) in [6.07, 6.45) is 32.3. The molecule has 0 fully saturated rings. The third-order valence-electron chi connectivity index (χ3n) is 15.7. The number of hydrogen-bond donors (Lipinski definition) is 0. The van der Waals surface area contributed by atoms with Crippen molar-refractivity contribution in [2.45, 2.75) is 292 Å². The second-order valence-corrected chi connectivity index (χ2v) is 23.1. The van der Waals surface area contributed by atoms with Gasteiger partial charge in [-0.2, -0.15) is 0 Å². The van der Waals surface area contributed by atoms with E-state index in [1.165, 1.54) is 82.6 Å². The number of carbonyl (C=O) groups is 4. The Kier molecular flexibility index (Phi) is 52.0. The fraction of sp³-hybridized carbons (Fsp3) is 0.853. The molecular weight excluding hydrogens is 1020 g/mol. The number of unbranched alkanes of at least 4 members (excludes halogenated alkanes) is 15. The molecule has 0 saturated heterocycles. The van der Waals surface area contributed by atoms with Gasteiger partial charge in [-0.3, -0.25) is 14.5 Å². The summed E-state index contributed by atoms with van der Waals surface area (Å²) in [5, 5.41) is 0. The lowest BCUT2D eigenvalue weighted by molar-refractivity contribution is -0.146. The van der Waals surface area contributed by atoms with E-state index in [9.17, 15) is 19.2 Å². The van der Waals surface area contributed by atoms with Crippen LogP contribution in [0.15, 0.2) is 30.3 Å². The molecule has 1 aromatic rings. The van der Waals surface area contributed by atoms with Crippen molar-refractivity contribution in [3.63, 3.8) is 0 Å². The zero-order valence-electron chi connectivity index (χ0n) is 53.3. The van der Waals surface area contributed by atoms with Gasteiger partial charge in [0.05, 0.1) is 19.8 Å². The number of nitrogens with zero attached hydrogens (tertiary/aromatic N) is 2. The maximum absolute atomic E-state index is 13.3. The maximum atomic E-state index is 13.3. The first-order valence-electron chi connectivity index (χ1n) is 33.6. The quantitative estimate of drug-likeness (QED) is 0.0348. The van der Waals surface area contributed by atoms with Crippen molar-refractivity contribution in [2.75, 3.05) is 72.3 Å². The van der Waals surface area contributed by atoms with E-state index in [0.717, 1.165) is 142 Å². The molecule has 81 heavy (non-hydrogen) atoms. The van der Waals surface area contributed by atoms with Gasteiger partial charge in [0.2, 0.25) is 0 Å². The lowest BCUT2D eigenvalue weighted by Gasteiger charge is -2.25. The highest BCUT2D eigenvalue weighted by Crippen LogP contribution is 2.22. The molecule has 0 aromatic heterocycles. The van der Waals surface area contributed by atoms with Crippen molar-refractivity contribution in [1.82, 2.24) is 9.80 Å². The third-order valence-corrected chi connectivity index (χ3v) is 15.7. The van der Waals surface area contributed by atoms with Gasteiger partial charge in [-0.05, 0) is 140 Å². The molecule has 0 aliphatic carbocycles. The minimum absolute atomic E-state index is 0.122. The fourth-order valence-corrected chi connectivity index (χ4v) is 10.4. The van der Waals surface area contributed by atoms with Crippen molar-refractivity contribution in [1.29, 1.82) is 0 Å². The average molecular weight is 1150 g/mol. The summed E-state index contributed by atoms with van der Waals surface area (Å²) in [5.74, 6) is 0.488. The van der Waals surface area contributed by atoms with E-state index < -0.39 is 12.3 Å². The SMILES string of the molecule is CCCCCCC(CCCC(=O)OCC(CCCCC)CCCCC)OC(=O)OCCN(CCCN(CC)CCCCOCc1ccccc1)CCOC(=O)OC(CCCCCC)CCCC(=O)OCC(CCCCC)CCCCC. The number of ether oxygens (including phenoxy) is 7. The second kappa shape index (κ2) is 55.8. The Hall–Kier alpha value is -3.42. The monoisotopic (exact) mass is 1140 g/mol. The minimum atomic E-state index is -0.697. The number of benzene rings is 1. The van der Waals surface area contributed by atoms with Crippen molar-refractivity contribution in [3.8, 4) is 0 Å². The van der Waals surface area contributed by atoms with Crippen LogP contribution in [0.4, 0.5) is 9.59 Å². The van der Waals surface area contributed by atoms with Crippen molar-refractivity contribution >= 4 is 24.2 Å². The van der Waals surface area contributed by atoms with Crippen LogP contribution in [-0.2, 0) is 49.4 Å². The first kappa shape index (κ1) is 75.6. The Labute approximate surface area is 496 Å². The molecule has 2 atom stereocenters. The highest BCUT2D eigenvalue weighted by Gasteiger charge is 2.21. The Balaban J connectivity index is 2.90. The Bertz CT molecular complexity index is 1480. The molecule has 0 heterocycles. The molecule has 13 heteroatoms. The molecule has 0 amide bonds. The lowest BCUT2D eigenvalue weighted by Crippen LogP contribution is -2.35. The molecule has 13 nitrogen and oxygen atoms in total. The number of rotatable bonds is 58. The predicted molar refractivity (Wildman–Crippen MR) is 332 cm³/mol. The summed E-state index contributed by atoms with van der Waals surface area (Å²) < 4.78 is 40.9. The Morgan fingerprint density at radius 2 is 0.778 bits per heavy atom. The molecule has 0 spiro atoms. The second-order valence-electron chi connectivity index (χ2n) is 23.1. The van der Waals surface area contributed by atoms with Gasteiger partial charge < -0.3 is 38.1 Å². The van der Waals surface area contributed by atoms with Gasteiger partial charge in [0.1, 0.15) is 25.4 Å². The highest BCUT2D eigenvalue weighted by molar-refractivity contribution is 5.69. The standard InChI is InChI=1S/C68H124N2O11/c1-8-15-21-30-43-63(45-34-47-65(71)78-58-61(37-24-17-10-3)38-25-18-11-4)80-67(73)76-55-52-70(51-36-50-69(14-7)49-32-33-54-75-57-60-41-28-23-29-42-60)53-56-77-68(74)81-64(44-31-22-16-9-2)46-35-48-66(72)79-59-62(39-26-19-12-5)40-27-20-13-6/h23,28-29,41-42,61-64H,8-22,24-27,30-40,43-59H2,1-7H3. The van der Waals surface area contributed by atoms with Crippen LogP contribution < -0.4 is 0 Å². The van der Waals surface area contributed by atoms with Crippen LogP contribution in [0.2, 0.25) is 0 Å². The maximum Gasteiger partial charge on any atom is 0.508 e. The molecule has 0 aliphatic heterocycles. The first-order chi connectivity index (χ1) is 39.6. The van der Waals surface area contributed by atoms with Crippen molar-refractivity contribution in [2.24, 2.45) is 11.8 Å². The van der Waals surface area contributed by atoms with E-state index in [4.69, 9.17) is 33.2 Å². The smallest absolute Gasteiger partial charge is 0.465 e. The van der Waals surface area contributed by atoms with E-state index >= 15 is 0 Å². The summed E-state index contributed by atoms with van der Waals surface area (Å²) in [4.78, 5) is 57.0. The van der Waals surface area contributed by atoms with Gasteiger partial charge in [0, 0.05) is 32.5 Å². The van der Waals surface area contributed by atoms with Crippen LogP contribution in [0.25, 0.3) is 0 Å². The molecule has 0 radical (unpaired) electrons. The van der Waals surface area contributed by atoms with Crippen molar-refractivity contribution < 1.29 is 52.3 Å². The van der Waals surface area contributed by atoms with Crippen LogP contribution in [0.3, 0.4) is 0 Å². The van der Waals surface area contributed by atoms with E-state index in [2.05, 4.69) is 70.4 Å². The average Bonchev–Trinajstić information content (AvgIpc) is 3.46. The van der Waals surface area contributed by atoms with Crippen LogP contribution in [0.1, 0.15) is 279 Å². The Morgan fingerprint density at radius 1 is 0.383 bits per heavy atom. The largest absolute Gasteiger partial charge is 0.508 e. The molecule has 1 aromatic carbocycles. The molecule has 0 bridgehead atoms. The normalized spacial score (nSPS) is 12.3. The number of carbonyl (C=O) groups excluding carboxylic acids is 4. The fourth-order valence-electron chi connectivity index (χ4n) is 10.4. The third kappa shape index (κ3) is 46.6. The summed E-state index contributed by atoms with van der Waals surface area (Å²) in [6.45, 7) is 22.4. The predicted octanol–water partition coefficient (Wildman–Crippen LogP) is 18.0. The molecule has 472 valence electrons. The van der Waals surface area contributed by atoms with Crippen LogP contribution >= 0.6 is 0 Å². The number of hydrogen-bond acceptors (Lipinski definition) is 13. The molecular formula is C68H124N2O11. The van der Waals surface area contributed by atoms with E-state index in [1.807, 2.05) is 18.2 Å². The zero-order valence-corrected chi connectivity index (χ0v) is 53.3. The van der Waals surface area contributed by atoms with Crippen LogP contribution in [0.5, 0.6) is 0 Å². The summed E-state index contributed by atoms with van der Waals surface area (Å²) >= 11 is 0.